The summed E-state index contributed by atoms with van der Waals surface area (Å²) in [6.45, 7) is 1.39. The third-order valence-electron chi connectivity index (χ3n) is 3.74. The largest absolute Gasteiger partial charge is 0.489 e. The smallest absolute Gasteiger partial charge is 0.321 e. The Morgan fingerprint density at radius 2 is 1.73 bits per heavy atom. The summed E-state index contributed by atoms with van der Waals surface area (Å²) in [6, 6.07) is 19.2. The monoisotopic (exact) mass is 296 g/mol. The van der Waals surface area contributed by atoms with Gasteiger partial charge in [-0.25, -0.2) is 4.79 Å². The maximum absolute atomic E-state index is 12.3. The number of carbonyl (C=O) groups excluding carboxylic acids is 1. The second-order valence-corrected chi connectivity index (χ2v) is 5.44. The Hall–Kier alpha value is -2.49. The molecule has 4 nitrogen and oxygen atoms in total. The van der Waals surface area contributed by atoms with Crippen LogP contribution in [0.5, 0.6) is 5.75 Å². The fourth-order valence-corrected chi connectivity index (χ4v) is 2.63. The van der Waals surface area contributed by atoms with Crippen molar-refractivity contribution >= 4 is 11.7 Å². The number of urea groups is 1. The second kappa shape index (κ2) is 6.98. The van der Waals surface area contributed by atoms with Crippen molar-refractivity contribution in [2.45, 2.75) is 18.9 Å². The Morgan fingerprint density at radius 1 is 1.05 bits per heavy atom. The van der Waals surface area contributed by atoms with E-state index < -0.39 is 0 Å². The van der Waals surface area contributed by atoms with Crippen LogP contribution in [0.2, 0.25) is 0 Å². The quantitative estimate of drug-likeness (QED) is 0.937. The molecule has 1 aliphatic rings. The molecule has 1 N–H and O–H groups in total. The van der Waals surface area contributed by atoms with Crippen molar-refractivity contribution in [3.8, 4) is 5.75 Å². The number of likely N-dealkylation sites (tertiary alicyclic amines) is 1. The van der Waals surface area contributed by atoms with Crippen LogP contribution in [0.25, 0.3) is 0 Å². The van der Waals surface area contributed by atoms with Crippen LogP contribution in [0.15, 0.2) is 60.7 Å². The van der Waals surface area contributed by atoms with Gasteiger partial charge in [0.05, 0.1) is 6.54 Å². The van der Waals surface area contributed by atoms with Crippen molar-refractivity contribution in [2.75, 3.05) is 18.4 Å². The first-order chi connectivity index (χ1) is 10.8. The van der Waals surface area contributed by atoms with Crippen LogP contribution in [-0.2, 0) is 0 Å². The summed E-state index contributed by atoms with van der Waals surface area (Å²) >= 11 is 0. The average Bonchev–Trinajstić information content (AvgIpc) is 2.57. The lowest BCUT2D eigenvalue weighted by atomic mass is 10.1. The van der Waals surface area contributed by atoms with Gasteiger partial charge in [-0.3, -0.25) is 0 Å². The molecule has 0 radical (unpaired) electrons. The van der Waals surface area contributed by atoms with E-state index in [9.17, 15) is 4.79 Å². The number of benzene rings is 2. The molecule has 4 heteroatoms. The molecular weight excluding hydrogens is 276 g/mol. The van der Waals surface area contributed by atoms with E-state index in [-0.39, 0.29) is 12.1 Å². The zero-order chi connectivity index (χ0) is 15.2. The summed E-state index contributed by atoms with van der Waals surface area (Å²) < 4.78 is 5.96. The van der Waals surface area contributed by atoms with Gasteiger partial charge < -0.3 is 15.0 Å². The molecule has 2 amide bonds. The van der Waals surface area contributed by atoms with E-state index in [0.717, 1.165) is 30.8 Å². The number of carbonyl (C=O) groups is 1. The van der Waals surface area contributed by atoms with Crippen LogP contribution in [0.3, 0.4) is 0 Å². The third-order valence-corrected chi connectivity index (χ3v) is 3.74. The minimum Gasteiger partial charge on any atom is -0.489 e. The van der Waals surface area contributed by atoms with Crippen molar-refractivity contribution in [1.29, 1.82) is 0 Å². The molecule has 22 heavy (non-hydrogen) atoms. The summed E-state index contributed by atoms with van der Waals surface area (Å²) in [7, 11) is 0. The molecule has 2 aromatic carbocycles. The maximum Gasteiger partial charge on any atom is 0.321 e. The molecule has 1 heterocycles. The summed E-state index contributed by atoms with van der Waals surface area (Å²) in [4.78, 5) is 14.1. The molecule has 3 rings (SSSR count). The fourth-order valence-electron chi connectivity index (χ4n) is 2.63. The van der Waals surface area contributed by atoms with Gasteiger partial charge in [-0.1, -0.05) is 36.4 Å². The van der Waals surface area contributed by atoms with Crippen molar-refractivity contribution in [1.82, 2.24) is 4.90 Å². The topological polar surface area (TPSA) is 41.6 Å². The van der Waals surface area contributed by atoms with Crippen LogP contribution in [0.1, 0.15) is 12.8 Å². The number of ether oxygens (including phenoxy) is 1. The lowest BCUT2D eigenvalue weighted by Crippen LogP contribution is -2.46. The zero-order valence-electron chi connectivity index (χ0n) is 12.4. The lowest BCUT2D eigenvalue weighted by molar-refractivity contribution is 0.106. The molecule has 1 atom stereocenters. The molecule has 1 saturated heterocycles. The van der Waals surface area contributed by atoms with Gasteiger partial charge in [-0.05, 0) is 37.1 Å². The molecule has 0 saturated carbocycles. The minimum absolute atomic E-state index is 0.0534. The number of nitrogens with one attached hydrogen (secondary N) is 1. The highest BCUT2D eigenvalue weighted by molar-refractivity contribution is 5.89. The number of rotatable bonds is 3. The van der Waals surface area contributed by atoms with E-state index >= 15 is 0 Å². The normalized spacial score (nSPS) is 17.8. The van der Waals surface area contributed by atoms with Gasteiger partial charge in [0.25, 0.3) is 0 Å². The van der Waals surface area contributed by atoms with Crippen LogP contribution >= 0.6 is 0 Å². The number of hydrogen-bond acceptors (Lipinski definition) is 2. The summed E-state index contributed by atoms with van der Waals surface area (Å²) in [6.07, 6.45) is 1.99. The average molecular weight is 296 g/mol. The van der Waals surface area contributed by atoms with Crippen molar-refractivity contribution < 1.29 is 9.53 Å². The molecular formula is C18H20N2O2. The van der Waals surface area contributed by atoms with Crippen LogP contribution in [0.4, 0.5) is 10.5 Å². The summed E-state index contributed by atoms with van der Waals surface area (Å²) in [5.74, 6) is 0.859. The van der Waals surface area contributed by atoms with Gasteiger partial charge >= 0.3 is 6.03 Å². The molecule has 0 spiro atoms. The number of hydrogen-bond donors (Lipinski definition) is 1. The summed E-state index contributed by atoms with van der Waals surface area (Å²) in [5, 5.41) is 2.93. The van der Waals surface area contributed by atoms with Crippen LogP contribution in [0, 0.1) is 0 Å². The summed E-state index contributed by atoms with van der Waals surface area (Å²) in [5.41, 5.74) is 0.818. The Balaban J connectivity index is 1.57. The van der Waals surface area contributed by atoms with Gasteiger partial charge in [0.2, 0.25) is 0 Å². The highest BCUT2D eigenvalue weighted by Gasteiger charge is 2.24. The standard InChI is InChI=1S/C18H20N2O2/c21-18(19-15-8-3-1-4-9-15)20-13-7-12-17(14-20)22-16-10-5-2-6-11-16/h1-6,8-11,17H,7,12-14H2,(H,19,21). The number of nitrogens with zero attached hydrogens (tertiary/aromatic N) is 1. The molecule has 1 fully saturated rings. The van der Waals surface area contributed by atoms with E-state index in [1.807, 2.05) is 65.6 Å². The van der Waals surface area contributed by atoms with Gasteiger partial charge in [-0.2, -0.15) is 0 Å². The number of piperidine rings is 1. The first kappa shape index (κ1) is 14.4. The molecule has 2 aromatic rings. The van der Waals surface area contributed by atoms with Crippen LogP contribution in [-0.4, -0.2) is 30.1 Å². The third kappa shape index (κ3) is 3.79. The number of para-hydroxylation sites is 2. The molecule has 114 valence electrons. The zero-order valence-corrected chi connectivity index (χ0v) is 12.4. The van der Waals surface area contributed by atoms with E-state index in [0.29, 0.717) is 6.54 Å². The Bertz CT molecular complexity index is 601. The van der Waals surface area contributed by atoms with E-state index in [4.69, 9.17) is 4.74 Å². The van der Waals surface area contributed by atoms with Crippen molar-refractivity contribution in [2.24, 2.45) is 0 Å². The maximum atomic E-state index is 12.3. The van der Waals surface area contributed by atoms with Gasteiger partial charge in [0.15, 0.2) is 0 Å². The fraction of sp³-hybridized carbons (Fsp3) is 0.278. The first-order valence-electron chi connectivity index (χ1n) is 7.64. The van der Waals surface area contributed by atoms with Crippen molar-refractivity contribution in [3.05, 3.63) is 60.7 Å². The van der Waals surface area contributed by atoms with Gasteiger partial charge in [0.1, 0.15) is 11.9 Å². The number of amides is 2. The molecule has 0 aliphatic carbocycles. The second-order valence-electron chi connectivity index (χ2n) is 5.44. The predicted octanol–water partition coefficient (Wildman–Crippen LogP) is 3.76. The lowest BCUT2D eigenvalue weighted by Gasteiger charge is -2.32. The Labute approximate surface area is 130 Å². The minimum atomic E-state index is -0.0624. The molecule has 1 unspecified atom stereocenters. The predicted molar refractivity (Wildman–Crippen MR) is 87.1 cm³/mol. The first-order valence-corrected chi connectivity index (χ1v) is 7.64. The van der Waals surface area contributed by atoms with Gasteiger partial charge in [-0.15, -0.1) is 0 Å². The van der Waals surface area contributed by atoms with Crippen molar-refractivity contribution in [3.63, 3.8) is 0 Å². The molecule has 1 aliphatic heterocycles. The molecule has 0 bridgehead atoms. The van der Waals surface area contributed by atoms with E-state index in [1.54, 1.807) is 0 Å². The highest BCUT2D eigenvalue weighted by Crippen LogP contribution is 2.19. The van der Waals surface area contributed by atoms with E-state index in [1.165, 1.54) is 0 Å². The number of anilines is 1. The molecule has 0 aromatic heterocycles. The van der Waals surface area contributed by atoms with E-state index in [2.05, 4.69) is 5.32 Å². The Morgan fingerprint density at radius 3 is 2.45 bits per heavy atom. The Kier molecular flexibility index (Phi) is 4.59. The van der Waals surface area contributed by atoms with Crippen LogP contribution < -0.4 is 10.1 Å². The highest BCUT2D eigenvalue weighted by atomic mass is 16.5. The van der Waals surface area contributed by atoms with Gasteiger partial charge in [0, 0.05) is 12.2 Å². The SMILES string of the molecule is O=C(Nc1ccccc1)N1CCCC(Oc2ccccc2)C1.